The maximum atomic E-state index is 12.9. The van der Waals surface area contributed by atoms with E-state index in [2.05, 4.69) is 29.3 Å². The summed E-state index contributed by atoms with van der Waals surface area (Å²) >= 11 is 1.64. The first-order chi connectivity index (χ1) is 14.3. The second kappa shape index (κ2) is 8.14. The van der Waals surface area contributed by atoms with E-state index in [-0.39, 0.29) is 5.69 Å². The van der Waals surface area contributed by atoms with Gasteiger partial charge >= 0.3 is 12.2 Å². The van der Waals surface area contributed by atoms with Crippen LogP contribution in [0.5, 0.6) is 0 Å². The van der Waals surface area contributed by atoms with Gasteiger partial charge in [0, 0.05) is 31.9 Å². The van der Waals surface area contributed by atoms with E-state index in [1.54, 1.807) is 16.2 Å². The molecule has 1 aromatic heterocycles. The number of hydrogen-bond acceptors (Lipinski definition) is 4. The van der Waals surface area contributed by atoms with Gasteiger partial charge in [0.2, 0.25) is 0 Å². The van der Waals surface area contributed by atoms with Crippen LogP contribution in [-0.4, -0.2) is 42.1 Å². The molecule has 0 aliphatic carbocycles. The summed E-state index contributed by atoms with van der Waals surface area (Å²) in [5.41, 5.74) is 1.60. The monoisotopic (exact) mass is 434 g/mol. The van der Waals surface area contributed by atoms with Gasteiger partial charge in [-0.15, -0.1) is 0 Å². The lowest BCUT2D eigenvalue weighted by atomic mass is 10.1. The molecule has 4 rings (SSSR count). The molecule has 1 aliphatic heterocycles. The van der Waals surface area contributed by atoms with Crippen molar-refractivity contribution in [2.45, 2.75) is 19.5 Å². The summed E-state index contributed by atoms with van der Waals surface area (Å²) in [7, 11) is 0. The SMILES string of the molecule is CCc1cccc2sc(N3CCN(C(=O)Nc4cccc(C(F)(F)F)c4)CC3)nc12. The fourth-order valence-electron chi connectivity index (χ4n) is 3.49. The van der Waals surface area contributed by atoms with E-state index in [1.165, 1.54) is 17.7 Å². The zero-order valence-corrected chi connectivity index (χ0v) is 17.2. The van der Waals surface area contributed by atoms with Gasteiger partial charge in [0.05, 0.1) is 15.8 Å². The number of amides is 2. The molecule has 1 saturated heterocycles. The molecule has 1 N–H and O–H groups in total. The molecule has 0 atom stereocenters. The van der Waals surface area contributed by atoms with Crippen molar-refractivity contribution in [3.8, 4) is 0 Å². The number of aromatic nitrogens is 1. The third kappa shape index (κ3) is 4.21. The average molecular weight is 434 g/mol. The van der Waals surface area contributed by atoms with E-state index in [0.29, 0.717) is 26.2 Å². The Morgan fingerprint density at radius 2 is 1.87 bits per heavy atom. The Kier molecular flexibility index (Phi) is 5.55. The Hall–Kier alpha value is -2.81. The maximum absolute atomic E-state index is 12.9. The number of alkyl halides is 3. The number of carbonyl (C=O) groups is 1. The third-order valence-electron chi connectivity index (χ3n) is 5.15. The highest BCUT2D eigenvalue weighted by Gasteiger charge is 2.31. The number of nitrogens with one attached hydrogen (secondary N) is 1. The van der Waals surface area contributed by atoms with Gasteiger partial charge in [-0.2, -0.15) is 13.2 Å². The van der Waals surface area contributed by atoms with Crippen LogP contribution in [0.1, 0.15) is 18.1 Å². The van der Waals surface area contributed by atoms with Gasteiger partial charge in [0.1, 0.15) is 0 Å². The zero-order chi connectivity index (χ0) is 21.3. The molecule has 158 valence electrons. The number of para-hydroxylation sites is 1. The molecule has 9 heteroatoms. The summed E-state index contributed by atoms with van der Waals surface area (Å²) < 4.78 is 39.7. The van der Waals surface area contributed by atoms with Crippen LogP contribution in [0.15, 0.2) is 42.5 Å². The fraction of sp³-hybridized carbons (Fsp3) is 0.333. The fourth-order valence-corrected chi connectivity index (χ4v) is 4.56. The highest BCUT2D eigenvalue weighted by atomic mass is 32.1. The molecular formula is C21H21F3N4OS. The standard InChI is InChI=1S/C21H21F3N4OS/c1-2-14-5-3-8-17-18(14)26-20(30-17)28-11-9-27(10-12-28)19(29)25-16-7-4-6-15(13-16)21(22,23)24/h3-8,13H,2,9-12H2,1H3,(H,25,29). The number of hydrogen-bond donors (Lipinski definition) is 1. The molecule has 2 aromatic carbocycles. The summed E-state index contributed by atoms with van der Waals surface area (Å²) in [5, 5.41) is 3.50. The van der Waals surface area contributed by atoms with E-state index in [0.717, 1.165) is 33.9 Å². The van der Waals surface area contributed by atoms with Crippen molar-refractivity contribution in [3.05, 3.63) is 53.6 Å². The second-order valence-electron chi connectivity index (χ2n) is 7.10. The number of thiazole rings is 1. The van der Waals surface area contributed by atoms with Gasteiger partial charge < -0.3 is 15.1 Å². The molecule has 1 fully saturated rings. The summed E-state index contributed by atoms with van der Waals surface area (Å²) in [6.45, 7) is 4.30. The molecule has 2 amide bonds. The molecule has 30 heavy (non-hydrogen) atoms. The predicted octanol–water partition coefficient (Wildman–Crippen LogP) is 5.23. The predicted molar refractivity (Wildman–Crippen MR) is 113 cm³/mol. The quantitative estimate of drug-likeness (QED) is 0.614. The van der Waals surface area contributed by atoms with Gasteiger partial charge in [0.25, 0.3) is 0 Å². The molecule has 0 spiro atoms. The van der Waals surface area contributed by atoms with Crippen LogP contribution in [0.25, 0.3) is 10.2 Å². The molecule has 0 bridgehead atoms. The van der Waals surface area contributed by atoms with Gasteiger partial charge in [-0.3, -0.25) is 0 Å². The lowest BCUT2D eigenvalue weighted by Crippen LogP contribution is -2.50. The van der Waals surface area contributed by atoms with Crippen LogP contribution in [0, 0.1) is 0 Å². The summed E-state index contributed by atoms with van der Waals surface area (Å²) in [4.78, 5) is 21.1. The number of anilines is 2. The van der Waals surface area contributed by atoms with Crippen LogP contribution in [0.3, 0.4) is 0 Å². The topological polar surface area (TPSA) is 48.5 Å². The molecule has 3 aromatic rings. The zero-order valence-electron chi connectivity index (χ0n) is 16.4. The number of piperazine rings is 1. The second-order valence-corrected chi connectivity index (χ2v) is 8.11. The lowest BCUT2D eigenvalue weighted by molar-refractivity contribution is -0.137. The van der Waals surface area contributed by atoms with Crippen LogP contribution in [-0.2, 0) is 12.6 Å². The number of carbonyl (C=O) groups excluding carboxylic acids is 1. The minimum atomic E-state index is -4.44. The summed E-state index contributed by atoms with van der Waals surface area (Å²) in [6.07, 6.45) is -3.52. The van der Waals surface area contributed by atoms with Gasteiger partial charge in [-0.25, -0.2) is 9.78 Å². The molecule has 1 aliphatic rings. The molecule has 0 unspecified atom stereocenters. The molecular weight excluding hydrogens is 413 g/mol. The van der Waals surface area contributed by atoms with Gasteiger partial charge in [-0.05, 0) is 36.2 Å². The minimum absolute atomic E-state index is 0.135. The minimum Gasteiger partial charge on any atom is -0.345 e. The van der Waals surface area contributed by atoms with Crippen molar-refractivity contribution >= 4 is 38.4 Å². The first-order valence-corrected chi connectivity index (χ1v) is 10.5. The highest BCUT2D eigenvalue weighted by Crippen LogP contribution is 2.32. The van der Waals surface area contributed by atoms with Crippen molar-refractivity contribution in [3.63, 3.8) is 0 Å². The van der Waals surface area contributed by atoms with E-state index in [9.17, 15) is 18.0 Å². The van der Waals surface area contributed by atoms with E-state index in [4.69, 9.17) is 4.98 Å². The van der Waals surface area contributed by atoms with E-state index < -0.39 is 17.8 Å². The number of halogens is 3. The Balaban J connectivity index is 1.39. The van der Waals surface area contributed by atoms with Crippen molar-refractivity contribution in [2.24, 2.45) is 0 Å². The number of fused-ring (bicyclic) bond motifs is 1. The Labute approximate surface area is 176 Å². The first-order valence-electron chi connectivity index (χ1n) is 9.71. The van der Waals surface area contributed by atoms with Crippen LogP contribution in [0.2, 0.25) is 0 Å². The van der Waals surface area contributed by atoms with Gasteiger partial charge in [-0.1, -0.05) is 36.5 Å². The van der Waals surface area contributed by atoms with E-state index >= 15 is 0 Å². The smallest absolute Gasteiger partial charge is 0.345 e. The van der Waals surface area contributed by atoms with Gasteiger partial charge in [0.15, 0.2) is 5.13 Å². The number of aryl methyl sites for hydroxylation is 1. The largest absolute Gasteiger partial charge is 0.416 e. The highest BCUT2D eigenvalue weighted by molar-refractivity contribution is 7.22. The Morgan fingerprint density at radius 1 is 1.13 bits per heavy atom. The Morgan fingerprint density at radius 3 is 2.57 bits per heavy atom. The summed E-state index contributed by atoms with van der Waals surface area (Å²) in [5.74, 6) is 0. The molecule has 5 nitrogen and oxygen atoms in total. The van der Waals surface area contributed by atoms with Crippen molar-refractivity contribution in [1.82, 2.24) is 9.88 Å². The molecule has 0 saturated carbocycles. The van der Waals surface area contributed by atoms with Crippen molar-refractivity contribution in [1.29, 1.82) is 0 Å². The Bertz CT molecular complexity index is 1060. The average Bonchev–Trinajstić information content (AvgIpc) is 3.18. The van der Waals surface area contributed by atoms with Crippen LogP contribution >= 0.6 is 11.3 Å². The number of rotatable bonds is 3. The van der Waals surface area contributed by atoms with E-state index in [1.807, 2.05) is 6.07 Å². The molecule has 0 radical (unpaired) electrons. The van der Waals surface area contributed by atoms with Crippen LogP contribution < -0.4 is 10.2 Å². The number of nitrogens with zero attached hydrogens (tertiary/aromatic N) is 3. The normalized spacial score (nSPS) is 14.9. The lowest BCUT2D eigenvalue weighted by Gasteiger charge is -2.34. The first kappa shape index (κ1) is 20.5. The number of benzene rings is 2. The summed E-state index contributed by atoms with van der Waals surface area (Å²) in [6, 6.07) is 10.5. The van der Waals surface area contributed by atoms with Crippen molar-refractivity contribution < 1.29 is 18.0 Å². The van der Waals surface area contributed by atoms with Crippen molar-refractivity contribution in [2.75, 3.05) is 36.4 Å². The maximum Gasteiger partial charge on any atom is 0.416 e. The molecule has 2 heterocycles. The third-order valence-corrected chi connectivity index (χ3v) is 6.23. The van der Waals surface area contributed by atoms with Crippen LogP contribution in [0.4, 0.5) is 28.8 Å². The number of urea groups is 1.